The standard InChI is InChI=1S/C16H16N2O3/c1-9-4-3-5-12-15(9)16(21)18(10(2)17-12)13-7-6-11(19)8-14(13)20/h3-5,13H,6-8H2,1-2H3/t13-/m1/s1. The van der Waals surface area contributed by atoms with Gasteiger partial charge in [0.2, 0.25) is 0 Å². The maximum absolute atomic E-state index is 12.8. The van der Waals surface area contributed by atoms with Crippen LogP contribution < -0.4 is 5.56 Å². The summed E-state index contributed by atoms with van der Waals surface area (Å²) >= 11 is 0. The monoisotopic (exact) mass is 284 g/mol. The van der Waals surface area contributed by atoms with Crippen LogP contribution in [-0.4, -0.2) is 21.1 Å². The Hall–Kier alpha value is -2.30. The summed E-state index contributed by atoms with van der Waals surface area (Å²) in [6.07, 6.45) is 0.647. The van der Waals surface area contributed by atoms with Gasteiger partial charge in [-0.05, 0) is 31.9 Å². The number of hydrogen-bond donors (Lipinski definition) is 0. The molecule has 0 unspecified atom stereocenters. The van der Waals surface area contributed by atoms with E-state index in [9.17, 15) is 14.4 Å². The zero-order valence-electron chi connectivity index (χ0n) is 12.0. The molecule has 1 fully saturated rings. The second-order valence-corrected chi connectivity index (χ2v) is 5.54. The largest absolute Gasteiger partial charge is 0.299 e. The van der Waals surface area contributed by atoms with Crippen LogP contribution in [0.1, 0.15) is 36.7 Å². The van der Waals surface area contributed by atoms with Crippen LogP contribution in [0.4, 0.5) is 0 Å². The van der Waals surface area contributed by atoms with Crippen LogP contribution in [0.3, 0.4) is 0 Å². The van der Waals surface area contributed by atoms with Gasteiger partial charge in [-0.25, -0.2) is 4.98 Å². The third kappa shape index (κ3) is 2.18. The normalized spacial score (nSPS) is 19.2. The summed E-state index contributed by atoms with van der Waals surface area (Å²) < 4.78 is 1.46. The average Bonchev–Trinajstić information content (AvgIpc) is 2.40. The molecule has 5 nitrogen and oxygen atoms in total. The second-order valence-electron chi connectivity index (χ2n) is 5.54. The molecule has 0 radical (unpaired) electrons. The topological polar surface area (TPSA) is 69.0 Å². The van der Waals surface area contributed by atoms with Crippen LogP contribution in [0.15, 0.2) is 23.0 Å². The van der Waals surface area contributed by atoms with E-state index in [1.807, 2.05) is 19.1 Å². The zero-order chi connectivity index (χ0) is 15.1. The Bertz CT molecular complexity index is 820. The number of rotatable bonds is 1. The molecule has 0 aliphatic heterocycles. The van der Waals surface area contributed by atoms with Gasteiger partial charge < -0.3 is 0 Å². The molecule has 0 bridgehead atoms. The van der Waals surface area contributed by atoms with Gasteiger partial charge in [-0.3, -0.25) is 19.0 Å². The average molecular weight is 284 g/mol. The van der Waals surface area contributed by atoms with Crippen molar-refractivity contribution in [1.82, 2.24) is 9.55 Å². The highest BCUT2D eigenvalue weighted by atomic mass is 16.2. The molecule has 0 saturated heterocycles. The molecule has 0 N–H and O–H groups in total. The lowest BCUT2D eigenvalue weighted by molar-refractivity contribution is -0.132. The predicted molar refractivity (Wildman–Crippen MR) is 78.4 cm³/mol. The van der Waals surface area contributed by atoms with Crippen molar-refractivity contribution < 1.29 is 9.59 Å². The molecule has 0 spiro atoms. The summed E-state index contributed by atoms with van der Waals surface area (Å²) in [6, 6.07) is 4.95. The summed E-state index contributed by atoms with van der Waals surface area (Å²) in [5.41, 5.74) is 1.30. The van der Waals surface area contributed by atoms with Crippen molar-refractivity contribution in [3.8, 4) is 0 Å². The van der Waals surface area contributed by atoms with Crippen molar-refractivity contribution in [2.45, 2.75) is 39.2 Å². The molecule has 1 aromatic heterocycles. The van der Waals surface area contributed by atoms with Gasteiger partial charge in [0.1, 0.15) is 11.6 Å². The van der Waals surface area contributed by atoms with Crippen molar-refractivity contribution in [3.63, 3.8) is 0 Å². The zero-order valence-corrected chi connectivity index (χ0v) is 12.0. The first-order valence-corrected chi connectivity index (χ1v) is 7.02. The fourth-order valence-corrected chi connectivity index (χ4v) is 3.02. The van der Waals surface area contributed by atoms with Gasteiger partial charge in [0.15, 0.2) is 5.78 Å². The van der Waals surface area contributed by atoms with Gasteiger partial charge in [0, 0.05) is 6.42 Å². The lowest BCUT2D eigenvalue weighted by Gasteiger charge is -2.24. The molecule has 2 aromatic rings. The van der Waals surface area contributed by atoms with Crippen LogP contribution in [0.2, 0.25) is 0 Å². The summed E-state index contributed by atoms with van der Waals surface area (Å²) in [5.74, 6) is 0.281. The number of aryl methyl sites for hydroxylation is 2. The molecule has 1 aromatic carbocycles. The number of nitrogens with zero attached hydrogens (tertiary/aromatic N) is 2. The van der Waals surface area contributed by atoms with Crippen LogP contribution >= 0.6 is 0 Å². The van der Waals surface area contributed by atoms with E-state index >= 15 is 0 Å². The number of Topliss-reactive ketones (excluding diaryl/α,β-unsaturated/α-hetero) is 2. The Kier molecular flexibility index (Phi) is 3.20. The number of hydrogen-bond acceptors (Lipinski definition) is 4. The fraction of sp³-hybridized carbons (Fsp3) is 0.375. The molecule has 3 rings (SSSR count). The van der Waals surface area contributed by atoms with E-state index < -0.39 is 6.04 Å². The first-order valence-electron chi connectivity index (χ1n) is 7.02. The van der Waals surface area contributed by atoms with E-state index in [0.717, 1.165) is 5.56 Å². The van der Waals surface area contributed by atoms with E-state index in [4.69, 9.17) is 0 Å². The molecule has 21 heavy (non-hydrogen) atoms. The minimum absolute atomic E-state index is 0.0492. The van der Waals surface area contributed by atoms with Crippen molar-refractivity contribution in [2.24, 2.45) is 0 Å². The highest BCUT2D eigenvalue weighted by molar-refractivity contribution is 6.03. The van der Waals surface area contributed by atoms with E-state index in [0.29, 0.717) is 29.6 Å². The van der Waals surface area contributed by atoms with Crippen LogP contribution in [0, 0.1) is 13.8 Å². The molecule has 0 amide bonds. The van der Waals surface area contributed by atoms with Gasteiger partial charge in [0.25, 0.3) is 5.56 Å². The molecular formula is C16H16N2O3. The highest BCUT2D eigenvalue weighted by Gasteiger charge is 2.30. The maximum Gasteiger partial charge on any atom is 0.262 e. The summed E-state index contributed by atoms with van der Waals surface area (Å²) in [4.78, 5) is 40.7. The molecule has 1 aliphatic rings. The van der Waals surface area contributed by atoms with Gasteiger partial charge in [-0.2, -0.15) is 0 Å². The third-order valence-corrected chi connectivity index (χ3v) is 4.07. The van der Waals surface area contributed by atoms with E-state index in [1.165, 1.54) is 4.57 Å². The molecule has 1 heterocycles. The summed E-state index contributed by atoms with van der Waals surface area (Å²) in [5, 5.41) is 0.549. The van der Waals surface area contributed by atoms with E-state index in [-0.39, 0.29) is 23.5 Å². The number of carbonyl (C=O) groups excluding carboxylic acids is 2. The van der Waals surface area contributed by atoms with Crippen LogP contribution in [0.25, 0.3) is 10.9 Å². The summed E-state index contributed by atoms with van der Waals surface area (Å²) in [6.45, 7) is 3.59. The smallest absolute Gasteiger partial charge is 0.262 e. The van der Waals surface area contributed by atoms with Gasteiger partial charge in [-0.15, -0.1) is 0 Å². The first kappa shape index (κ1) is 13.7. The Labute approximate surface area is 121 Å². The molecule has 5 heteroatoms. The Balaban J connectivity index is 2.24. The Morgan fingerprint density at radius 1 is 1.19 bits per heavy atom. The quantitative estimate of drug-likeness (QED) is 0.750. The summed E-state index contributed by atoms with van der Waals surface area (Å²) in [7, 11) is 0. The lowest BCUT2D eigenvalue weighted by Crippen LogP contribution is -2.36. The number of benzene rings is 1. The second kappa shape index (κ2) is 4.91. The van der Waals surface area contributed by atoms with Crippen molar-refractivity contribution in [2.75, 3.05) is 0 Å². The van der Waals surface area contributed by atoms with Gasteiger partial charge >= 0.3 is 0 Å². The van der Waals surface area contributed by atoms with E-state index in [1.54, 1.807) is 13.0 Å². The Morgan fingerprint density at radius 3 is 2.67 bits per heavy atom. The van der Waals surface area contributed by atoms with Gasteiger partial charge in [0.05, 0.1) is 23.4 Å². The van der Waals surface area contributed by atoms with Crippen LogP contribution in [-0.2, 0) is 9.59 Å². The molecule has 1 aliphatic carbocycles. The molecular weight excluding hydrogens is 268 g/mol. The minimum Gasteiger partial charge on any atom is -0.299 e. The SMILES string of the molecule is Cc1cccc2nc(C)n([C@@H]3CCC(=O)CC3=O)c(=O)c12. The van der Waals surface area contributed by atoms with Gasteiger partial charge in [-0.1, -0.05) is 12.1 Å². The highest BCUT2D eigenvalue weighted by Crippen LogP contribution is 2.24. The molecule has 1 saturated carbocycles. The number of ketones is 2. The number of carbonyl (C=O) groups is 2. The third-order valence-electron chi connectivity index (χ3n) is 4.07. The molecule has 1 atom stereocenters. The van der Waals surface area contributed by atoms with E-state index in [2.05, 4.69) is 4.98 Å². The van der Waals surface area contributed by atoms with Crippen molar-refractivity contribution >= 4 is 22.5 Å². The predicted octanol–water partition coefficient (Wildman–Crippen LogP) is 1.88. The number of fused-ring (bicyclic) bond motifs is 1. The number of aromatic nitrogens is 2. The molecule has 108 valence electrons. The lowest BCUT2D eigenvalue weighted by atomic mass is 9.92. The Morgan fingerprint density at radius 2 is 1.95 bits per heavy atom. The van der Waals surface area contributed by atoms with Crippen molar-refractivity contribution in [3.05, 3.63) is 39.9 Å². The maximum atomic E-state index is 12.8. The fourth-order valence-electron chi connectivity index (χ4n) is 3.02. The first-order chi connectivity index (χ1) is 9.99. The van der Waals surface area contributed by atoms with Crippen molar-refractivity contribution in [1.29, 1.82) is 0 Å². The van der Waals surface area contributed by atoms with Crippen LogP contribution in [0.5, 0.6) is 0 Å². The minimum atomic E-state index is -0.563.